The molecule has 0 amide bonds. The van der Waals surface area contributed by atoms with E-state index in [1.165, 1.54) is 0 Å². The van der Waals surface area contributed by atoms with Crippen LogP contribution in [0.1, 0.15) is 15.9 Å². The van der Waals surface area contributed by atoms with Gasteiger partial charge in [-0.15, -0.1) is 0 Å². The van der Waals surface area contributed by atoms with Crippen LogP contribution in [0.15, 0.2) is 42.5 Å². The first-order chi connectivity index (χ1) is 8.20. The molecule has 0 heterocycles. The lowest BCUT2D eigenvalue weighted by Gasteiger charge is -2.05. The lowest BCUT2D eigenvalue weighted by molar-refractivity contribution is 0.104. The van der Waals surface area contributed by atoms with E-state index in [4.69, 9.17) is 0 Å². The summed E-state index contributed by atoms with van der Waals surface area (Å²) in [7, 11) is -1.62. The zero-order valence-corrected chi connectivity index (χ0v) is 8.92. The average molecular weight is 224 g/mol. The quantitative estimate of drug-likeness (QED) is 0.594. The van der Waals surface area contributed by atoms with Gasteiger partial charge in [-0.2, -0.15) is 0 Å². The highest BCUT2D eigenvalue weighted by Gasteiger charge is 2.31. The number of carbonyl (C=O) groups is 1. The predicted octanol–water partition coefficient (Wildman–Crippen LogP) is 0.578. The number of carbonyl (C=O) groups excluding carboxylic acids is 1. The van der Waals surface area contributed by atoms with Gasteiger partial charge in [-0.05, 0) is 16.6 Å². The zero-order valence-electron chi connectivity index (χ0n) is 8.92. The van der Waals surface area contributed by atoms with Crippen LogP contribution >= 0.6 is 0 Å². The molecular weight excluding hydrogens is 215 g/mol. The van der Waals surface area contributed by atoms with Crippen molar-refractivity contribution in [3.63, 3.8) is 0 Å². The third-order valence-corrected chi connectivity index (χ3v) is 3.06. The maximum atomic E-state index is 12.2. The van der Waals surface area contributed by atoms with Crippen molar-refractivity contribution in [1.29, 1.82) is 0 Å². The molecule has 0 radical (unpaired) electrons. The van der Waals surface area contributed by atoms with Crippen molar-refractivity contribution < 1.29 is 14.8 Å². The van der Waals surface area contributed by atoms with Crippen LogP contribution < -0.4 is 5.46 Å². The van der Waals surface area contributed by atoms with Crippen molar-refractivity contribution >= 4 is 18.4 Å². The Morgan fingerprint density at radius 1 is 0.824 bits per heavy atom. The first kappa shape index (κ1) is 10.3. The fourth-order valence-electron chi connectivity index (χ4n) is 2.31. The molecule has 0 aromatic heterocycles. The van der Waals surface area contributed by atoms with Crippen molar-refractivity contribution in [3.05, 3.63) is 53.6 Å². The molecule has 82 valence electrons. The minimum atomic E-state index is -1.62. The molecule has 1 aliphatic rings. The maximum Gasteiger partial charge on any atom is 0.489 e. The number of hydrogen-bond donors (Lipinski definition) is 2. The molecule has 17 heavy (non-hydrogen) atoms. The van der Waals surface area contributed by atoms with E-state index in [2.05, 4.69) is 0 Å². The monoisotopic (exact) mass is 224 g/mol. The molecule has 0 saturated heterocycles. The Bertz CT molecular complexity index is 620. The van der Waals surface area contributed by atoms with Gasteiger partial charge in [0.2, 0.25) is 0 Å². The Morgan fingerprint density at radius 2 is 1.47 bits per heavy atom. The first-order valence-corrected chi connectivity index (χ1v) is 5.33. The van der Waals surface area contributed by atoms with Crippen LogP contribution in [0, 0.1) is 0 Å². The molecule has 0 bridgehead atoms. The Kier molecular flexibility index (Phi) is 2.14. The summed E-state index contributed by atoms with van der Waals surface area (Å²) < 4.78 is 0. The summed E-state index contributed by atoms with van der Waals surface area (Å²) in [5.41, 5.74) is 2.93. The normalized spacial score (nSPS) is 12.2. The van der Waals surface area contributed by atoms with Crippen molar-refractivity contribution in [3.8, 4) is 11.1 Å². The molecule has 2 aromatic rings. The van der Waals surface area contributed by atoms with Crippen molar-refractivity contribution in [2.45, 2.75) is 0 Å². The van der Waals surface area contributed by atoms with Gasteiger partial charge in [0.1, 0.15) is 0 Å². The van der Waals surface area contributed by atoms with Gasteiger partial charge in [0.15, 0.2) is 5.78 Å². The summed E-state index contributed by atoms with van der Waals surface area (Å²) in [5.74, 6) is -0.140. The van der Waals surface area contributed by atoms with Crippen molar-refractivity contribution in [2.24, 2.45) is 0 Å². The van der Waals surface area contributed by atoms with E-state index < -0.39 is 7.12 Å². The van der Waals surface area contributed by atoms with Gasteiger partial charge in [0, 0.05) is 11.1 Å². The van der Waals surface area contributed by atoms with Crippen LogP contribution in [0.25, 0.3) is 11.1 Å². The van der Waals surface area contributed by atoms with E-state index in [-0.39, 0.29) is 11.2 Å². The van der Waals surface area contributed by atoms with Gasteiger partial charge < -0.3 is 10.0 Å². The number of rotatable bonds is 1. The smallest absolute Gasteiger partial charge is 0.423 e. The SMILES string of the molecule is O=C1c2ccccc2-c2cccc(B(O)O)c21. The molecule has 3 nitrogen and oxygen atoms in total. The molecule has 0 unspecified atom stereocenters. The number of ketones is 1. The van der Waals surface area contributed by atoms with Gasteiger partial charge in [-0.3, -0.25) is 4.79 Å². The maximum absolute atomic E-state index is 12.2. The molecule has 2 aromatic carbocycles. The highest BCUT2D eigenvalue weighted by atomic mass is 16.4. The van der Waals surface area contributed by atoms with E-state index in [0.29, 0.717) is 11.1 Å². The topological polar surface area (TPSA) is 57.5 Å². The summed E-state index contributed by atoms with van der Waals surface area (Å²) in [6, 6.07) is 12.4. The Hall–Kier alpha value is -1.91. The standard InChI is InChI=1S/C13H9BO3/c15-13-10-5-2-1-4-8(10)9-6-3-7-11(12(9)13)14(16)17/h1-7,16-17H. The molecule has 0 saturated carbocycles. The molecule has 2 N–H and O–H groups in total. The largest absolute Gasteiger partial charge is 0.489 e. The zero-order chi connectivity index (χ0) is 12.0. The van der Waals surface area contributed by atoms with Crippen molar-refractivity contribution in [2.75, 3.05) is 0 Å². The van der Waals surface area contributed by atoms with Gasteiger partial charge in [0.25, 0.3) is 0 Å². The summed E-state index contributed by atoms with van der Waals surface area (Å²) in [5, 5.41) is 18.6. The van der Waals surface area contributed by atoms with Gasteiger partial charge >= 0.3 is 7.12 Å². The van der Waals surface area contributed by atoms with Gasteiger partial charge in [-0.1, -0.05) is 42.5 Å². The molecule has 0 fully saturated rings. The minimum absolute atomic E-state index is 0.140. The molecule has 3 rings (SSSR count). The van der Waals surface area contributed by atoms with Crippen molar-refractivity contribution in [1.82, 2.24) is 0 Å². The van der Waals surface area contributed by atoms with Crippen LogP contribution in [-0.4, -0.2) is 22.9 Å². The fourth-order valence-corrected chi connectivity index (χ4v) is 2.31. The van der Waals surface area contributed by atoms with Crippen LogP contribution in [0.2, 0.25) is 0 Å². The van der Waals surface area contributed by atoms with Crippen LogP contribution in [0.3, 0.4) is 0 Å². The average Bonchev–Trinajstić information content (AvgIpc) is 2.64. The summed E-state index contributed by atoms with van der Waals surface area (Å²) in [4.78, 5) is 12.2. The third kappa shape index (κ3) is 1.35. The molecule has 1 aliphatic carbocycles. The number of hydrogen-bond acceptors (Lipinski definition) is 3. The van der Waals surface area contributed by atoms with Crippen LogP contribution in [0.4, 0.5) is 0 Å². The van der Waals surface area contributed by atoms with E-state index in [1.807, 2.05) is 18.2 Å². The molecule has 0 spiro atoms. The highest BCUT2D eigenvalue weighted by molar-refractivity contribution is 6.61. The number of benzene rings is 2. The summed E-state index contributed by atoms with van der Waals surface area (Å²) in [6.07, 6.45) is 0. The van der Waals surface area contributed by atoms with E-state index in [0.717, 1.165) is 11.1 Å². The summed E-state index contributed by atoms with van der Waals surface area (Å²) >= 11 is 0. The lowest BCUT2D eigenvalue weighted by Crippen LogP contribution is -2.34. The summed E-state index contributed by atoms with van der Waals surface area (Å²) in [6.45, 7) is 0. The molecule has 0 atom stereocenters. The number of fused-ring (bicyclic) bond motifs is 3. The molecule has 0 aliphatic heterocycles. The second-order valence-corrected chi connectivity index (χ2v) is 4.02. The van der Waals surface area contributed by atoms with E-state index >= 15 is 0 Å². The fraction of sp³-hybridized carbons (Fsp3) is 0. The Balaban J connectivity index is 2.34. The third-order valence-electron chi connectivity index (χ3n) is 3.06. The second kappa shape index (κ2) is 3.55. The van der Waals surface area contributed by atoms with Crippen LogP contribution in [-0.2, 0) is 0 Å². The predicted molar refractivity (Wildman–Crippen MR) is 65.1 cm³/mol. The van der Waals surface area contributed by atoms with E-state index in [9.17, 15) is 14.8 Å². The Labute approximate surface area is 98.5 Å². The minimum Gasteiger partial charge on any atom is -0.423 e. The Morgan fingerprint density at radius 3 is 2.18 bits per heavy atom. The van der Waals surface area contributed by atoms with E-state index in [1.54, 1.807) is 24.3 Å². The second-order valence-electron chi connectivity index (χ2n) is 4.02. The van der Waals surface area contributed by atoms with Crippen LogP contribution in [0.5, 0.6) is 0 Å². The first-order valence-electron chi connectivity index (χ1n) is 5.33. The van der Waals surface area contributed by atoms with Gasteiger partial charge in [-0.25, -0.2) is 0 Å². The molecular formula is C13H9BO3. The highest BCUT2D eigenvalue weighted by Crippen LogP contribution is 2.35. The van der Waals surface area contributed by atoms with Gasteiger partial charge in [0.05, 0.1) is 0 Å². The molecule has 4 heteroatoms. The lowest BCUT2D eigenvalue weighted by atomic mass is 9.75.